The molecule has 16 heavy (non-hydrogen) atoms. The number of aromatic nitrogens is 2. The minimum absolute atomic E-state index is 0.310. The molecule has 3 nitrogen and oxygen atoms in total. The monoisotopic (exact) mass is 221 g/mol. The van der Waals surface area contributed by atoms with E-state index in [-0.39, 0.29) is 0 Å². The molecule has 1 heterocycles. The van der Waals surface area contributed by atoms with Gasteiger partial charge in [0.2, 0.25) is 0 Å². The predicted molar refractivity (Wildman–Crippen MR) is 66.3 cm³/mol. The predicted octanol–water partition coefficient (Wildman–Crippen LogP) is 2.74. The molecule has 1 saturated carbocycles. The molecular weight excluding hydrogens is 198 g/mol. The SMILES string of the molecule is CC(NCc1cncn1C1CC1)C(C)(C)C. The van der Waals surface area contributed by atoms with Gasteiger partial charge in [-0.15, -0.1) is 0 Å². The van der Waals surface area contributed by atoms with Crippen molar-refractivity contribution in [1.29, 1.82) is 0 Å². The molecule has 1 aliphatic rings. The highest BCUT2D eigenvalue weighted by molar-refractivity contribution is 5.03. The lowest BCUT2D eigenvalue weighted by atomic mass is 9.88. The standard InChI is InChI=1S/C13H23N3/c1-10(13(2,3)4)15-8-12-7-14-9-16(12)11-5-6-11/h7,9-11,15H,5-6,8H2,1-4H3. The van der Waals surface area contributed by atoms with Gasteiger partial charge >= 0.3 is 0 Å². The van der Waals surface area contributed by atoms with Gasteiger partial charge in [0, 0.05) is 24.8 Å². The summed E-state index contributed by atoms with van der Waals surface area (Å²) in [6.07, 6.45) is 6.59. The zero-order chi connectivity index (χ0) is 11.8. The van der Waals surface area contributed by atoms with Crippen LogP contribution < -0.4 is 5.32 Å². The van der Waals surface area contributed by atoms with Crippen molar-refractivity contribution in [3.63, 3.8) is 0 Å². The van der Waals surface area contributed by atoms with Crippen LogP contribution in [0.1, 0.15) is 52.3 Å². The van der Waals surface area contributed by atoms with E-state index < -0.39 is 0 Å². The van der Waals surface area contributed by atoms with Crippen LogP contribution >= 0.6 is 0 Å². The molecule has 1 N–H and O–H groups in total. The lowest BCUT2D eigenvalue weighted by Gasteiger charge is -2.28. The Kier molecular flexibility index (Phi) is 3.06. The minimum atomic E-state index is 0.310. The summed E-state index contributed by atoms with van der Waals surface area (Å²) in [5.41, 5.74) is 1.63. The smallest absolute Gasteiger partial charge is 0.0951 e. The van der Waals surface area contributed by atoms with E-state index in [2.05, 4.69) is 42.6 Å². The summed E-state index contributed by atoms with van der Waals surface area (Å²) in [6.45, 7) is 9.97. The molecule has 1 aliphatic carbocycles. The maximum Gasteiger partial charge on any atom is 0.0951 e. The van der Waals surface area contributed by atoms with Crippen LogP contribution in [0, 0.1) is 5.41 Å². The van der Waals surface area contributed by atoms with Crippen LogP contribution in [0.15, 0.2) is 12.5 Å². The van der Waals surface area contributed by atoms with Crippen LogP contribution in [-0.4, -0.2) is 15.6 Å². The quantitative estimate of drug-likeness (QED) is 0.847. The molecule has 0 aromatic carbocycles. The molecule has 0 amide bonds. The van der Waals surface area contributed by atoms with Gasteiger partial charge in [-0.1, -0.05) is 20.8 Å². The van der Waals surface area contributed by atoms with Crippen molar-refractivity contribution in [2.75, 3.05) is 0 Å². The van der Waals surface area contributed by atoms with E-state index in [1.54, 1.807) is 0 Å². The van der Waals surface area contributed by atoms with E-state index in [1.807, 2.05) is 12.5 Å². The van der Waals surface area contributed by atoms with Crippen molar-refractivity contribution in [3.8, 4) is 0 Å². The zero-order valence-corrected chi connectivity index (χ0v) is 10.8. The molecule has 0 aliphatic heterocycles. The number of hydrogen-bond donors (Lipinski definition) is 1. The van der Waals surface area contributed by atoms with Gasteiger partial charge in [-0.2, -0.15) is 0 Å². The molecule has 0 spiro atoms. The van der Waals surface area contributed by atoms with Crippen LogP contribution in [0.25, 0.3) is 0 Å². The van der Waals surface area contributed by atoms with Crippen LogP contribution in [0.3, 0.4) is 0 Å². The number of nitrogens with one attached hydrogen (secondary N) is 1. The Morgan fingerprint density at radius 2 is 2.19 bits per heavy atom. The second kappa shape index (κ2) is 4.21. The van der Waals surface area contributed by atoms with Crippen molar-refractivity contribution in [3.05, 3.63) is 18.2 Å². The molecule has 1 fully saturated rings. The molecule has 90 valence electrons. The molecule has 3 heteroatoms. The van der Waals surface area contributed by atoms with Gasteiger partial charge in [0.25, 0.3) is 0 Å². The third kappa shape index (κ3) is 2.64. The van der Waals surface area contributed by atoms with Gasteiger partial charge in [0.1, 0.15) is 0 Å². The maximum absolute atomic E-state index is 4.25. The first-order chi connectivity index (χ1) is 7.48. The van der Waals surface area contributed by atoms with E-state index in [9.17, 15) is 0 Å². The van der Waals surface area contributed by atoms with E-state index in [4.69, 9.17) is 0 Å². The molecular formula is C13H23N3. The summed E-state index contributed by atoms with van der Waals surface area (Å²) in [5, 5.41) is 3.59. The number of hydrogen-bond acceptors (Lipinski definition) is 2. The summed E-state index contributed by atoms with van der Waals surface area (Å²) >= 11 is 0. The van der Waals surface area contributed by atoms with Gasteiger partial charge in [0.05, 0.1) is 12.0 Å². The van der Waals surface area contributed by atoms with Crippen molar-refractivity contribution < 1.29 is 0 Å². The Labute approximate surface area is 98.3 Å². The van der Waals surface area contributed by atoms with Crippen LogP contribution in [0.2, 0.25) is 0 Å². The van der Waals surface area contributed by atoms with Gasteiger partial charge in [-0.05, 0) is 25.2 Å². The van der Waals surface area contributed by atoms with Gasteiger partial charge in [-0.3, -0.25) is 0 Å². The molecule has 0 radical (unpaired) electrons. The average molecular weight is 221 g/mol. The highest BCUT2D eigenvalue weighted by Crippen LogP contribution is 2.35. The van der Waals surface area contributed by atoms with E-state index in [0.29, 0.717) is 11.5 Å². The zero-order valence-electron chi connectivity index (χ0n) is 10.8. The fourth-order valence-corrected chi connectivity index (χ4v) is 1.71. The Morgan fingerprint density at radius 3 is 2.75 bits per heavy atom. The third-order valence-corrected chi connectivity index (χ3v) is 3.57. The second-order valence-corrected chi connectivity index (χ2v) is 5.99. The Balaban J connectivity index is 1.92. The largest absolute Gasteiger partial charge is 0.330 e. The molecule has 1 unspecified atom stereocenters. The summed E-state index contributed by atoms with van der Waals surface area (Å²) in [6, 6.07) is 1.24. The topological polar surface area (TPSA) is 29.9 Å². The van der Waals surface area contributed by atoms with Crippen molar-refractivity contribution in [2.24, 2.45) is 5.41 Å². The molecule has 1 aromatic rings. The second-order valence-electron chi connectivity index (χ2n) is 5.99. The van der Waals surface area contributed by atoms with Gasteiger partial charge in [0.15, 0.2) is 0 Å². The molecule has 2 rings (SSSR count). The lowest BCUT2D eigenvalue weighted by molar-refractivity contribution is 0.283. The normalized spacial score (nSPS) is 18.8. The minimum Gasteiger partial charge on any atom is -0.330 e. The summed E-state index contributed by atoms with van der Waals surface area (Å²) in [4.78, 5) is 4.25. The summed E-state index contributed by atoms with van der Waals surface area (Å²) < 4.78 is 2.32. The Hall–Kier alpha value is -0.830. The first-order valence-electron chi connectivity index (χ1n) is 6.22. The summed E-state index contributed by atoms with van der Waals surface area (Å²) in [7, 11) is 0. The van der Waals surface area contributed by atoms with Crippen LogP contribution in [0.5, 0.6) is 0 Å². The third-order valence-electron chi connectivity index (χ3n) is 3.57. The number of rotatable bonds is 4. The van der Waals surface area contributed by atoms with Crippen molar-refractivity contribution in [1.82, 2.24) is 14.9 Å². The fourth-order valence-electron chi connectivity index (χ4n) is 1.71. The van der Waals surface area contributed by atoms with Crippen molar-refractivity contribution in [2.45, 2.75) is 59.2 Å². The van der Waals surface area contributed by atoms with Crippen LogP contribution in [-0.2, 0) is 6.54 Å². The van der Waals surface area contributed by atoms with E-state index >= 15 is 0 Å². The maximum atomic E-state index is 4.25. The highest BCUT2D eigenvalue weighted by atomic mass is 15.1. The van der Waals surface area contributed by atoms with E-state index in [0.717, 1.165) is 12.6 Å². The Morgan fingerprint density at radius 1 is 1.50 bits per heavy atom. The van der Waals surface area contributed by atoms with Gasteiger partial charge in [-0.25, -0.2) is 4.98 Å². The first kappa shape index (κ1) is 11.6. The molecule has 0 bridgehead atoms. The highest BCUT2D eigenvalue weighted by Gasteiger charge is 2.25. The fraction of sp³-hybridized carbons (Fsp3) is 0.769. The number of imidazole rings is 1. The number of nitrogens with zero attached hydrogens (tertiary/aromatic N) is 2. The average Bonchev–Trinajstić information content (AvgIpc) is 2.93. The molecule has 1 aromatic heterocycles. The van der Waals surface area contributed by atoms with Crippen molar-refractivity contribution >= 4 is 0 Å². The van der Waals surface area contributed by atoms with Gasteiger partial charge < -0.3 is 9.88 Å². The van der Waals surface area contributed by atoms with E-state index in [1.165, 1.54) is 18.5 Å². The first-order valence-corrected chi connectivity index (χ1v) is 6.22. The molecule has 1 atom stereocenters. The lowest BCUT2D eigenvalue weighted by Crippen LogP contribution is -2.37. The van der Waals surface area contributed by atoms with Crippen LogP contribution in [0.4, 0.5) is 0 Å². The Bertz CT molecular complexity index is 344. The molecule has 0 saturated heterocycles. The summed E-state index contributed by atoms with van der Waals surface area (Å²) in [5.74, 6) is 0.